The van der Waals surface area contributed by atoms with Crippen LogP contribution in [0.15, 0.2) is 0 Å². The highest BCUT2D eigenvalue weighted by atomic mass is 16.7. The first kappa shape index (κ1) is 18.3. The lowest BCUT2D eigenvalue weighted by molar-refractivity contribution is -0.0709. The summed E-state index contributed by atoms with van der Waals surface area (Å²) in [6.45, 7) is 19.4. The van der Waals surface area contributed by atoms with Crippen LogP contribution in [0.2, 0.25) is 6.82 Å². The highest BCUT2D eigenvalue weighted by Gasteiger charge is 2.56. The van der Waals surface area contributed by atoms with Crippen LogP contribution < -0.4 is 0 Å². The van der Waals surface area contributed by atoms with Crippen molar-refractivity contribution in [3.8, 4) is 0 Å². The molecule has 3 nitrogen and oxygen atoms in total. The molecule has 1 saturated carbocycles. The third-order valence-corrected chi connectivity index (χ3v) is 6.81. The van der Waals surface area contributed by atoms with E-state index < -0.39 is 0 Å². The SMILES string of the molecule is CB(OC(C)(C)C(C)(C)C1CCC1)B1OC(C)(C)C(C)(C)O1. The van der Waals surface area contributed by atoms with Crippen molar-refractivity contribution in [1.82, 2.24) is 0 Å². The molecular weight excluding hydrogens is 274 g/mol. The van der Waals surface area contributed by atoms with E-state index in [1.54, 1.807) is 0 Å². The van der Waals surface area contributed by atoms with Crippen molar-refractivity contribution in [1.29, 1.82) is 0 Å². The molecule has 0 aromatic carbocycles. The Balaban J connectivity index is 2.04. The van der Waals surface area contributed by atoms with E-state index in [4.69, 9.17) is 14.0 Å². The standard InChI is InChI=1S/C17H34B2O3/c1-14(2,13-11-10-12-13)15(3,4)20-18(9)19-21-16(5,6)17(7,8)22-19/h13H,10-12H2,1-9H3. The molecule has 126 valence electrons. The van der Waals surface area contributed by atoms with Crippen molar-refractivity contribution in [2.75, 3.05) is 0 Å². The summed E-state index contributed by atoms with van der Waals surface area (Å²) in [5.41, 5.74) is -0.657. The third-order valence-electron chi connectivity index (χ3n) is 6.81. The lowest BCUT2D eigenvalue weighted by Gasteiger charge is -2.51. The molecule has 0 aromatic heterocycles. The van der Waals surface area contributed by atoms with E-state index >= 15 is 0 Å². The normalized spacial score (nSPS) is 25.2. The van der Waals surface area contributed by atoms with Gasteiger partial charge in [0.25, 0.3) is 0 Å². The van der Waals surface area contributed by atoms with Gasteiger partial charge in [-0.1, -0.05) is 27.1 Å². The van der Waals surface area contributed by atoms with E-state index in [-0.39, 0.29) is 36.0 Å². The second-order valence-electron chi connectivity index (χ2n) is 9.31. The van der Waals surface area contributed by atoms with E-state index in [2.05, 4.69) is 62.2 Å². The van der Waals surface area contributed by atoms with Gasteiger partial charge >= 0.3 is 13.8 Å². The minimum absolute atomic E-state index is 0.0876. The van der Waals surface area contributed by atoms with Crippen LogP contribution >= 0.6 is 0 Å². The molecule has 22 heavy (non-hydrogen) atoms. The average molecular weight is 308 g/mol. The Morgan fingerprint density at radius 3 is 1.82 bits per heavy atom. The molecule has 0 N–H and O–H groups in total. The van der Waals surface area contributed by atoms with Crippen molar-refractivity contribution >= 4 is 13.8 Å². The Kier molecular flexibility index (Phi) is 4.61. The van der Waals surface area contributed by atoms with E-state index in [1.807, 2.05) is 0 Å². The molecular formula is C17H34B2O3. The monoisotopic (exact) mass is 308 g/mol. The molecule has 2 rings (SSSR count). The maximum atomic E-state index is 6.48. The van der Waals surface area contributed by atoms with Crippen molar-refractivity contribution in [3.05, 3.63) is 0 Å². The summed E-state index contributed by atoms with van der Waals surface area (Å²) in [7, 11) is -0.304. The predicted molar refractivity (Wildman–Crippen MR) is 94.0 cm³/mol. The van der Waals surface area contributed by atoms with Gasteiger partial charge in [0.1, 0.15) is 0 Å². The van der Waals surface area contributed by atoms with Crippen LogP contribution in [0.3, 0.4) is 0 Å². The van der Waals surface area contributed by atoms with Gasteiger partial charge in [-0.3, -0.25) is 0 Å². The highest BCUT2D eigenvalue weighted by Crippen LogP contribution is 2.50. The largest absolute Gasteiger partial charge is 0.446 e. The van der Waals surface area contributed by atoms with Crippen molar-refractivity contribution < 1.29 is 14.0 Å². The van der Waals surface area contributed by atoms with Crippen LogP contribution in [0.1, 0.15) is 74.7 Å². The van der Waals surface area contributed by atoms with Crippen LogP contribution in [0, 0.1) is 11.3 Å². The Labute approximate surface area is 138 Å². The van der Waals surface area contributed by atoms with Gasteiger partial charge in [0.05, 0.1) is 16.8 Å². The average Bonchev–Trinajstić information content (AvgIpc) is 2.44. The van der Waals surface area contributed by atoms with Gasteiger partial charge in [-0.25, -0.2) is 0 Å². The van der Waals surface area contributed by atoms with Gasteiger partial charge in [-0.2, -0.15) is 0 Å². The maximum Gasteiger partial charge on any atom is 0.446 e. The fraction of sp³-hybridized carbons (Fsp3) is 1.00. The minimum atomic E-state index is -0.304. The molecule has 1 heterocycles. The lowest BCUT2D eigenvalue weighted by atomic mass is 9.37. The van der Waals surface area contributed by atoms with Gasteiger partial charge in [0.2, 0.25) is 0 Å². The van der Waals surface area contributed by atoms with Gasteiger partial charge in [-0.05, 0) is 65.7 Å². The summed E-state index contributed by atoms with van der Waals surface area (Å²) in [6.07, 6.45) is 4.01. The minimum Gasteiger partial charge on any atom is -0.432 e. The summed E-state index contributed by atoms with van der Waals surface area (Å²) in [6, 6.07) is 0. The highest BCUT2D eigenvalue weighted by molar-refractivity contribution is 7.13. The van der Waals surface area contributed by atoms with Gasteiger partial charge in [0, 0.05) is 0 Å². The fourth-order valence-electron chi connectivity index (χ4n) is 3.37. The Morgan fingerprint density at radius 2 is 1.45 bits per heavy atom. The molecule has 0 bridgehead atoms. The zero-order valence-corrected chi connectivity index (χ0v) is 16.1. The zero-order valence-electron chi connectivity index (χ0n) is 16.1. The van der Waals surface area contributed by atoms with Crippen molar-refractivity contribution in [2.24, 2.45) is 11.3 Å². The molecule has 0 spiro atoms. The lowest BCUT2D eigenvalue weighted by Crippen LogP contribution is -2.54. The zero-order chi connectivity index (χ0) is 17.0. The van der Waals surface area contributed by atoms with E-state index in [1.165, 1.54) is 19.3 Å². The smallest absolute Gasteiger partial charge is 0.432 e. The second kappa shape index (κ2) is 5.53. The molecule has 5 heteroatoms. The molecule has 1 saturated heterocycles. The van der Waals surface area contributed by atoms with Crippen LogP contribution in [0.4, 0.5) is 0 Å². The second-order valence-corrected chi connectivity index (χ2v) is 9.31. The first-order valence-electron chi connectivity index (χ1n) is 8.84. The molecule has 2 aliphatic rings. The van der Waals surface area contributed by atoms with E-state index in [9.17, 15) is 0 Å². The third kappa shape index (κ3) is 3.01. The molecule has 0 amide bonds. The summed E-state index contributed by atoms with van der Waals surface area (Å²) < 4.78 is 18.8. The predicted octanol–water partition coefficient (Wildman–Crippen LogP) is 4.40. The summed E-state index contributed by atoms with van der Waals surface area (Å²) in [5.74, 6) is 0.757. The Hall–Kier alpha value is 0.00987. The van der Waals surface area contributed by atoms with E-state index in [0.717, 1.165) is 5.92 Å². The summed E-state index contributed by atoms with van der Waals surface area (Å²) in [5, 5.41) is 0. The Bertz CT molecular complexity index is 398. The molecule has 0 atom stereocenters. The summed E-state index contributed by atoms with van der Waals surface area (Å²) >= 11 is 0. The van der Waals surface area contributed by atoms with Crippen molar-refractivity contribution in [2.45, 2.75) is 98.3 Å². The maximum absolute atomic E-state index is 6.48. The summed E-state index contributed by atoms with van der Waals surface area (Å²) in [4.78, 5) is 0. The van der Waals surface area contributed by atoms with Gasteiger partial charge in [-0.15, -0.1) is 0 Å². The molecule has 0 aromatic rings. The first-order chi connectivity index (χ1) is 9.80. The molecule has 0 unspecified atom stereocenters. The number of hydrogen-bond donors (Lipinski definition) is 0. The van der Waals surface area contributed by atoms with Gasteiger partial charge < -0.3 is 14.0 Å². The van der Waals surface area contributed by atoms with Crippen molar-refractivity contribution in [3.63, 3.8) is 0 Å². The number of rotatable bonds is 5. The fourth-order valence-corrected chi connectivity index (χ4v) is 3.37. The van der Waals surface area contributed by atoms with Crippen LogP contribution in [-0.4, -0.2) is 30.6 Å². The van der Waals surface area contributed by atoms with Gasteiger partial charge in [0.15, 0.2) is 0 Å². The quantitative estimate of drug-likeness (QED) is 0.705. The van der Waals surface area contributed by atoms with Crippen LogP contribution in [0.5, 0.6) is 0 Å². The molecule has 0 radical (unpaired) electrons. The molecule has 1 aliphatic carbocycles. The molecule has 2 fully saturated rings. The first-order valence-corrected chi connectivity index (χ1v) is 8.84. The van der Waals surface area contributed by atoms with Crippen LogP contribution in [-0.2, 0) is 14.0 Å². The van der Waals surface area contributed by atoms with Crippen LogP contribution in [0.25, 0.3) is 0 Å². The van der Waals surface area contributed by atoms with E-state index in [0.29, 0.717) is 0 Å². The number of hydrogen-bond acceptors (Lipinski definition) is 3. The molecule has 1 aliphatic heterocycles. The Morgan fingerprint density at radius 1 is 1.00 bits per heavy atom. The topological polar surface area (TPSA) is 27.7 Å².